The number of carboxylic acids is 1. The van der Waals surface area contributed by atoms with Crippen molar-refractivity contribution in [1.82, 2.24) is 5.32 Å². The summed E-state index contributed by atoms with van der Waals surface area (Å²) in [6, 6.07) is 12.5. The first kappa shape index (κ1) is 24.3. The highest BCUT2D eigenvalue weighted by Crippen LogP contribution is 2.38. The molecule has 0 aromatic heterocycles. The summed E-state index contributed by atoms with van der Waals surface area (Å²) < 4.78 is 11.0. The molecule has 0 heterocycles. The van der Waals surface area contributed by atoms with Gasteiger partial charge < -0.3 is 19.9 Å². The van der Waals surface area contributed by atoms with E-state index in [2.05, 4.69) is 5.32 Å². The van der Waals surface area contributed by atoms with Crippen molar-refractivity contribution >= 4 is 11.9 Å². The standard InChI is InChI=1S/C24H29NO5.CH4/c1-29-21-9-5-7-19(22(21)30-2)14-18-6-3-4-8-20(18)23(26)25-15-16-10-12-17(13-11-16)24(27)28;/h5,7,9-13,18,20H,3-4,6,8,14-15H2,1-2H3,(H,25,26)(H,27,28);1H4. The Balaban J connectivity index is 0.00000341. The molecule has 6 heteroatoms. The fourth-order valence-electron chi connectivity index (χ4n) is 4.28. The summed E-state index contributed by atoms with van der Waals surface area (Å²) in [4.78, 5) is 23.9. The van der Waals surface area contributed by atoms with Gasteiger partial charge in [0, 0.05) is 12.5 Å². The Bertz CT molecular complexity index is 878. The van der Waals surface area contributed by atoms with Gasteiger partial charge in [-0.2, -0.15) is 0 Å². The number of carboxylic acid groups (broad SMARTS) is 1. The highest BCUT2D eigenvalue weighted by atomic mass is 16.5. The van der Waals surface area contributed by atoms with E-state index in [1.807, 2.05) is 18.2 Å². The predicted octanol–water partition coefficient (Wildman–Crippen LogP) is 4.70. The zero-order valence-electron chi connectivity index (χ0n) is 17.5. The molecule has 2 unspecified atom stereocenters. The first-order chi connectivity index (χ1) is 14.5. The van der Waals surface area contributed by atoms with Crippen molar-refractivity contribution in [2.75, 3.05) is 14.2 Å². The van der Waals surface area contributed by atoms with Gasteiger partial charge in [-0.25, -0.2) is 4.79 Å². The summed E-state index contributed by atoms with van der Waals surface area (Å²) in [7, 11) is 3.27. The topological polar surface area (TPSA) is 84.9 Å². The van der Waals surface area contributed by atoms with Gasteiger partial charge in [0.05, 0.1) is 19.8 Å². The van der Waals surface area contributed by atoms with Gasteiger partial charge in [-0.1, -0.05) is 44.5 Å². The van der Waals surface area contributed by atoms with E-state index in [0.717, 1.165) is 49.0 Å². The van der Waals surface area contributed by atoms with Crippen LogP contribution >= 0.6 is 0 Å². The molecule has 1 aliphatic rings. The maximum atomic E-state index is 13.0. The molecular weight excluding hydrogens is 394 g/mol. The third-order valence-corrected chi connectivity index (χ3v) is 5.88. The minimum Gasteiger partial charge on any atom is -0.493 e. The number of para-hydroxylation sites is 1. The zero-order chi connectivity index (χ0) is 21.5. The van der Waals surface area contributed by atoms with Crippen LogP contribution in [0.25, 0.3) is 0 Å². The summed E-state index contributed by atoms with van der Waals surface area (Å²) in [5, 5.41) is 12.0. The minimum atomic E-state index is -0.955. The second-order valence-corrected chi connectivity index (χ2v) is 7.73. The number of amides is 1. The van der Waals surface area contributed by atoms with Crippen LogP contribution in [0.3, 0.4) is 0 Å². The predicted molar refractivity (Wildman–Crippen MR) is 121 cm³/mol. The molecule has 0 bridgehead atoms. The van der Waals surface area contributed by atoms with Crippen LogP contribution in [0.1, 0.15) is 54.6 Å². The van der Waals surface area contributed by atoms with Crippen molar-refractivity contribution in [2.45, 2.75) is 46.1 Å². The fourth-order valence-corrected chi connectivity index (χ4v) is 4.28. The van der Waals surface area contributed by atoms with Crippen molar-refractivity contribution in [3.8, 4) is 11.5 Å². The molecule has 1 fully saturated rings. The summed E-state index contributed by atoms with van der Waals surface area (Å²) >= 11 is 0. The third-order valence-electron chi connectivity index (χ3n) is 5.88. The molecule has 2 aromatic rings. The van der Waals surface area contributed by atoms with Crippen LogP contribution in [-0.4, -0.2) is 31.2 Å². The van der Waals surface area contributed by atoms with Gasteiger partial charge in [-0.3, -0.25) is 4.79 Å². The molecular formula is C25H33NO5. The third kappa shape index (κ3) is 6.00. The van der Waals surface area contributed by atoms with Crippen LogP contribution in [0, 0.1) is 11.8 Å². The molecule has 3 rings (SSSR count). The normalized spacial score (nSPS) is 17.9. The first-order valence-electron chi connectivity index (χ1n) is 10.3. The number of nitrogens with one attached hydrogen (secondary N) is 1. The van der Waals surface area contributed by atoms with Gasteiger partial charge in [0.1, 0.15) is 0 Å². The molecule has 1 amide bonds. The van der Waals surface area contributed by atoms with E-state index in [1.165, 1.54) is 0 Å². The molecule has 168 valence electrons. The Hall–Kier alpha value is -3.02. The molecule has 0 aliphatic heterocycles. The summed E-state index contributed by atoms with van der Waals surface area (Å²) in [5.74, 6) is 0.745. The van der Waals surface area contributed by atoms with E-state index in [4.69, 9.17) is 14.6 Å². The average molecular weight is 428 g/mol. The van der Waals surface area contributed by atoms with E-state index in [1.54, 1.807) is 38.5 Å². The number of rotatable bonds is 8. The number of hydrogen-bond acceptors (Lipinski definition) is 4. The fraction of sp³-hybridized carbons (Fsp3) is 0.440. The van der Waals surface area contributed by atoms with Crippen LogP contribution in [0.4, 0.5) is 0 Å². The summed E-state index contributed by atoms with van der Waals surface area (Å²) in [6.45, 7) is 0.393. The molecule has 0 radical (unpaired) electrons. The number of carbonyl (C=O) groups is 2. The first-order valence-corrected chi connectivity index (χ1v) is 10.3. The van der Waals surface area contributed by atoms with Crippen LogP contribution in [0.2, 0.25) is 0 Å². The van der Waals surface area contributed by atoms with E-state index >= 15 is 0 Å². The Morgan fingerprint density at radius 1 is 1.03 bits per heavy atom. The molecule has 1 aliphatic carbocycles. The summed E-state index contributed by atoms with van der Waals surface area (Å²) in [5.41, 5.74) is 2.19. The second-order valence-electron chi connectivity index (χ2n) is 7.73. The molecule has 31 heavy (non-hydrogen) atoms. The summed E-state index contributed by atoms with van der Waals surface area (Å²) in [6.07, 6.45) is 4.83. The van der Waals surface area contributed by atoms with Crippen molar-refractivity contribution in [1.29, 1.82) is 0 Å². The second kappa shape index (κ2) is 11.4. The molecule has 2 N–H and O–H groups in total. The Kier molecular flexibility index (Phi) is 8.91. The van der Waals surface area contributed by atoms with E-state index in [9.17, 15) is 9.59 Å². The van der Waals surface area contributed by atoms with Crippen LogP contribution in [-0.2, 0) is 17.8 Å². The number of methoxy groups -OCH3 is 2. The lowest BCUT2D eigenvalue weighted by Crippen LogP contribution is -2.37. The minimum absolute atomic E-state index is 0. The van der Waals surface area contributed by atoms with E-state index < -0.39 is 5.97 Å². The number of benzene rings is 2. The van der Waals surface area contributed by atoms with Crippen LogP contribution < -0.4 is 14.8 Å². The van der Waals surface area contributed by atoms with Gasteiger partial charge in [-0.15, -0.1) is 0 Å². The molecule has 2 atom stereocenters. The molecule has 6 nitrogen and oxygen atoms in total. The highest BCUT2D eigenvalue weighted by molar-refractivity contribution is 5.87. The number of ether oxygens (including phenoxy) is 2. The molecule has 0 spiro atoms. The van der Waals surface area contributed by atoms with E-state index in [-0.39, 0.29) is 30.7 Å². The van der Waals surface area contributed by atoms with Gasteiger partial charge in [0.15, 0.2) is 11.5 Å². The molecule has 2 aromatic carbocycles. The van der Waals surface area contributed by atoms with Crippen LogP contribution in [0.5, 0.6) is 11.5 Å². The maximum absolute atomic E-state index is 13.0. The van der Waals surface area contributed by atoms with Crippen molar-refractivity contribution in [3.05, 3.63) is 59.2 Å². The number of aromatic carboxylic acids is 1. The van der Waals surface area contributed by atoms with Crippen LogP contribution in [0.15, 0.2) is 42.5 Å². The largest absolute Gasteiger partial charge is 0.493 e. The zero-order valence-corrected chi connectivity index (χ0v) is 17.5. The Morgan fingerprint density at radius 3 is 2.39 bits per heavy atom. The molecule has 0 saturated heterocycles. The van der Waals surface area contributed by atoms with Crippen molar-refractivity contribution < 1.29 is 24.2 Å². The molecule has 1 saturated carbocycles. The van der Waals surface area contributed by atoms with Gasteiger partial charge >= 0.3 is 5.97 Å². The number of carbonyl (C=O) groups excluding carboxylic acids is 1. The smallest absolute Gasteiger partial charge is 0.335 e. The van der Waals surface area contributed by atoms with Gasteiger partial charge in [0.25, 0.3) is 0 Å². The quantitative estimate of drug-likeness (QED) is 0.638. The van der Waals surface area contributed by atoms with E-state index in [0.29, 0.717) is 12.3 Å². The number of hydrogen-bond donors (Lipinski definition) is 2. The van der Waals surface area contributed by atoms with Crippen molar-refractivity contribution in [3.63, 3.8) is 0 Å². The van der Waals surface area contributed by atoms with Gasteiger partial charge in [-0.05, 0) is 54.5 Å². The SMILES string of the molecule is C.COc1cccc(CC2CCCCC2C(=O)NCc2ccc(C(=O)O)cc2)c1OC. The maximum Gasteiger partial charge on any atom is 0.335 e. The Morgan fingerprint density at radius 2 is 1.74 bits per heavy atom. The highest BCUT2D eigenvalue weighted by Gasteiger charge is 2.31. The van der Waals surface area contributed by atoms with Gasteiger partial charge in [0.2, 0.25) is 5.91 Å². The van der Waals surface area contributed by atoms with Crippen molar-refractivity contribution in [2.24, 2.45) is 11.8 Å². The lowest BCUT2D eigenvalue weighted by Gasteiger charge is -2.31. The monoisotopic (exact) mass is 427 g/mol. The lowest BCUT2D eigenvalue weighted by atomic mass is 9.75. The lowest BCUT2D eigenvalue weighted by molar-refractivity contribution is -0.127. The average Bonchev–Trinajstić information content (AvgIpc) is 2.77. The Labute approximate surface area is 184 Å².